The van der Waals surface area contributed by atoms with Crippen LogP contribution in [-0.2, 0) is 0 Å². The third-order valence-corrected chi connectivity index (χ3v) is 3.10. The van der Waals surface area contributed by atoms with Crippen LogP contribution in [-0.4, -0.2) is 21.3 Å². The molecule has 0 aromatic heterocycles. The molecule has 0 radical (unpaired) electrons. The normalized spacial score (nSPS) is 10.6. The molecule has 0 saturated carbocycles. The monoisotopic (exact) mass is 285 g/mol. The molecule has 2 aromatic carbocycles. The van der Waals surface area contributed by atoms with Crippen molar-refractivity contribution in [3.05, 3.63) is 47.5 Å². The first-order valence-corrected chi connectivity index (χ1v) is 6.51. The lowest BCUT2D eigenvalue weighted by molar-refractivity contribution is 0.394. The molecule has 0 unspecified atom stereocenters. The predicted octanol–water partition coefficient (Wildman–Crippen LogP) is 3.47. The van der Waals surface area contributed by atoms with Crippen LogP contribution in [0.3, 0.4) is 0 Å². The molecular formula is C17H19NO3. The van der Waals surface area contributed by atoms with E-state index in [4.69, 9.17) is 19.9 Å². The topological polar surface area (TPSA) is 53.7 Å². The summed E-state index contributed by atoms with van der Waals surface area (Å²) in [7, 11) is 4.86. The molecule has 0 atom stereocenters. The van der Waals surface area contributed by atoms with Crippen LogP contribution in [0.15, 0.2) is 36.4 Å². The van der Waals surface area contributed by atoms with Gasteiger partial charge >= 0.3 is 0 Å². The van der Waals surface area contributed by atoms with Crippen LogP contribution < -0.4 is 19.9 Å². The quantitative estimate of drug-likeness (QED) is 0.675. The third kappa shape index (κ3) is 3.69. The summed E-state index contributed by atoms with van der Waals surface area (Å²) < 4.78 is 15.6. The van der Waals surface area contributed by atoms with Gasteiger partial charge in [-0.1, -0.05) is 18.2 Å². The molecule has 21 heavy (non-hydrogen) atoms. The van der Waals surface area contributed by atoms with Crippen LogP contribution in [0.5, 0.6) is 17.2 Å². The highest BCUT2D eigenvalue weighted by Gasteiger charge is 2.01. The van der Waals surface area contributed by atoms with E-state index >= 15 is 0 Å². The van der Waals surface area contributed by atoms with Gasteiger partial charge in [-0.3, -0.25) is 0 Å². The zero-order chi connectivity index (χ0) is 15.2. The Morgan fingerprint density at radius 1 is 0.762 bits per heavy atom. The summed E-state index contributed by atoms with van der Waals surface area (Å²) in [6, 6.07) is 11.4. The molecule has 2 N–H and O–H groups in total. The van der Waals surface area contributed by atoms with E-state index in [1.807, 2.05) is 48.6 Å². The summed E-state index contributed by atoms with van der Waals surface area (Å²) in [6.07, 6.45) is 3.95. The minimum Gasteiger partial charge on any atom is -0.497 e. The van der Waals surface area contributed by atoms with Gasteiger partial charge in [-0.05, 0) is 35.4 Å². The van der Waals surface area contributed by atoms with Gasteiger partial charge in [-0.2, -0.15) is 0 Å². The Kier molecular flexibility index (Phi) is 4.72. The Bertz CT molecular complexity index is 628. The van der Waals surface area contributed by atoms with Gasteiger partial charge in [0.25, 0.3) is 0 Å². The van der Waals surface area contributed by atoms with Crippen molar-refractivity contribution in [1.82, 2.24) is 0 Å². The Hall–Kier alpha value is -2.62. The molecule has 0 fully saturated rings. The fourth-order valence-electron chi connectivity index (χ4n) is 1.97. The van der Waals surface area contributed by atoms with Crippen molar-refractivity contribution >= 4 is 17.8 Å². The van der Waals surface area contributed by atoms with E-state index in [-0.39, 0.29) is 0 Å². The number of hydrogen-bond acceptors (Lipinski definition) is 4. The van der Waals surface area contributed by atoms with Gasteiger partial charge in [0.15, 0.2) is 0 Å². The molecule has 0 heterocycles. The van der Waals surface area contributed by atoms with Gasteiger partial charge in [0, 0.05) is 6.07 Å². The number of ether oxygens (including phenoxy) is 3. The van der Waals surface area contributed by atoms with Gasteiger partial charge in [0.1, 0.15) is 17.2 Å². The van der Waals surface area contributed by atoms with Gasteiger partial charge in [0.2, 0.25) is 0 Å². The molecule has 0 amide bonds. The summed E-state index contributed by atoms with van der Waals surface area (Å²) in [4.78, 5) is 0. The van der Waals surface area contributed by atoms with Crippen molar-refractivity contribution in [3.8, 4) is 17.2 Å². The second-order valence-electron chi connectivity index (χ2n) is 4.48. The molecular weight excluding hydrogens is 266 g/mol. The average molecular weight is 285 g/mol. The number of anilines is 1. The minimum absolute atomic E-state index is 0.614. The molecule has 0 aliphatic heterocycles. The van der Waals surface area contributed by atoms with Crippen LogP contribution in [0.1, 0.15) is 11.1 Å². The molecule has 0 saturated heterocycles. The second kappa shape index (κ2) is 6.70. The fourth-order valence-corrected chi connectivity index (χ4v) is 1.97. The van der Waals surface area contributed by atoms with Crippen molar-refractivity contribution in [2.24, 2.45) is 0 Å². The van der Waals surface area contributed by atoms with Gasteiger partial charge in [-0.25, -0.2) is 0 Å². The Balaban J connectivity index is 2.26. The van der Waals surface area contributed by atoms with Crippen LogP contribution >= 0.6 is 0 Å². The Morgan fingerprint density at radius 2 is 1.38 bits per heavy atom. The molecule has 110 valence electrons. The Labute approximate surface area is 124 Å². The SMILES string of the molecule is COc1cc(/C=C\c2ccc(OC)c(N)c2)cc(OC)c1. The second-order valence-corrected chi connectivity index (χ2v) is 4.48. The lowest BCUT2D eigenvalue weighted by Crippen LogP contribution is -1.92. The maximum absolute atomic E-state index is 5.89. The highest BCUT2D eigenvalue weighted by atomic mass is 16.5. The van der Waals surface area contributed by atoms with Crippen molar-refractivity contribution in [3.63, 3.8) is 0 Å². The summed E-state index contributed by atoms with van der Waals surface area (Å²) >= 11 is 0. The molecule has 0 bridgehead atoms. The van der Waals surface area contributed by atoms with Gasteiger partial charge in [-0.15, -0.1) is 0 Å². The molecule has 0 aliphatic carbocycles. The zero-order valence-corrected chi connectivity index (χ0v) is 12.4. The first-order valence-electron chi connectivity index (χ1n) is 6.51. The third-order valence-electron chi connectivity index (χ3n) is 3.10. The van der Waals surface area contributed by atoms with Crippen molar-refractivity contribution in [2.75, 3.05) is 27.1 Å². The number of benzene rings is 2. The van der Waals surface area contributed by atoms with Crippen molar-refractivity contribution in [2.45, 2.75) is 0 Å². The summed E-state index contributed by atoms with van der Waals surface area (Å²) in [5.41, 5.74) is 8.49. The number of nitrogen functional groups attached to an aromatic ring is 1. The highest BCUT2D eigenvalue weighted by Crippen LogP contribution is 2.25. The van der Waals surface area contributed by atoms with E-state index in [0.717, 1.165) is 22.6 Å². The summed E-state index contributed by atoms with van der Waals surface area (Å²) in [6.45, 7) is 0. The van der Waals surface area contributed by atoms with E-state index in [0.29, 0.717) is 11.4 Å². The lowest BCUT2D eigenvalue weighted by atomic mass is 10.1. The van der Waals surface area contributed by atoms with E-state index in [2.05, 4.69) is 0 Å². The van der Waals surface area contributed by atoms with Crippen molar-refractivity contribution < 1.29 is 14.2 Å². The first kappa shape index (κ1) is 14.8. The maximum atomic E-state index is 5.89. The van der Waals surface area contributed by atoms with E-state index < -0.39 is 0 Å². The van der Waals surface area contributed by atoms with E-state index in [1.165, 1.54) is 0 Å². The van der Waals surface area contributed by atoms with Gasteiger partial charge < -0.3 is 19.9 Å². The van der Waals surface area contributed by atoms with Gasteiger partial charge in [0.05, 0.1) is 27.0 Å². The predicted molar refractivity (Wildman–Crippen MR) is 85.9 cm³/mol. The van der Waals surface area contributed by atoms with E-state index in [9.17, 15) is 0 Å². The number of hydrogen-bond donors (Lipinski definition) is 1. The summed E-state index contributed by atoms with van der Waals surface area (Å²) in [5, 5.41) is 0. The smallest absolute Gasteiger partial charge is 0.141 e. The molecule has 0 aliphatic rings. The average Bonchev–Trinajstić information content (AvgIpc) is 2.52. The number of nitrogens with two attached hydrogens (primary N) is 1. The maximum Gasteiger partial charge on any atom is 0.141 e. The molecule has 2 rings (SSSR count). The molecule has 2 aromatic rings. The fraction of sp³-hybridized carbons (Fsp3) is 0.176. The van der Waals surface area contributed by atoms with Crippen LogP contribution in [0.25, 0.3) is 12.2 Å². The Morgan fingerprint density at radius 3 is 1.90 bits per heavy atom. The molecule has 4 heteroatoms. The number of rotatable bonds is 5. The zero-order valence-electron chi connectivity index (χ0n) is 12.4. The largest absolute Gasteiger partial charge is 0.497 e. The lowest BCUT2D eigenvalue weighted by Gasteiger charge is -2.06. The van der Waals surface area contributed by atoms with Crippen LogP contribution in [0.4, 0.5) is 5.69 Å². The molecule has 4 nitrogen and oxygen atoms in total. The van der Waals surface area contributed by atoms with Crippen LogP contribution in [0, 0.1) is 0 Å². The minimum atomic E-state index is 0.614. The standard InChI is InChI=1S/C17H19NO3/c1-19-14-8-13(9-15(11-14)20-2)5-4-12-6-7-17(21-3)16(18)10-12/h4-11H,18H2,1-3H3/b5-4-. The summed E-state index contributed by atoms with van der Waals surface area (Å²) in [5.74, 6) is 2.18. The van der Waals surface area contributed by atoms with E-state index in [1.54, 1.807) is 21.3 Å². The van der Waals surface area contributed by atoms with Crippen LogP contribution in [0.2, 0.25) is 0 Å². The number of methoxy groups -OCH3 is 3. The first-order chi connectivity index (χ1) is 10.2. The molecule has 0 spiro atoms. The van der Waals surface area contributed by atoms with Crippen molar-refractivity contribution in [1.29, 1.82) is 0 Å². The highest BCUT2D eigenvalue weighted by molar-refractivity contribution is 5.73.